The van der Waals surface area contributed by atoms with Gasteiger partial charge in [-0.25, -0.2) is 0 Å². The van der Waals surface area contributed by atoms with Crippen LogP contribution in [0, 0.1) is 34.6 Å². The maximum Gasteiger partial charge on any atom is 0.259 e. The number of aryl methyl sites for hydroxylation is 4. The first kappa shape index (κ1) is 14.9. The van der Waals surface area contributed by atoms with Crippen LogP contribution in [0.5, 0.6) is 0 Å². The maximum atomic E-state index is 12.5. The number of hydrogen-bond acceptors (Lipinski definition) is 2. The van der Waals surface area contributed by atoms with Gasteiger partial charge in [0, 0.05) is 10.0 Å². The molecule has 3 nitrogen and oxygen atoms in total. The van der Waals surface area contributed by atoms with Gasteiger partial charge in [-0.1, -0.05) is 6.07 Å². The fraction of sp³-hybridized carbons (Fsp3) is 0.312. The number of furan rings is 1. The molecule has 20 heavy (non-hydrogen) atoms. The van der Waals surface area contributed by atoms with Gasteiger partial charge < -0.3 is 9.73 Å². The molecule has 1 heterocycles. The van der Waals surface area contributed by atoms with Crippen molar-refractivity contribution in [1.82, 2.24) is 0 Å². The summed E-state index contributed by atoms with van der Waals surface area (Å²) in [6.07, 6.45) is 0. The van der Waals surface area contributed by atoms with E-state index in [9.17, 15) is 4.79 Å². The second kappa shape index (κ2) is 5.44. The van der Waals surface area contributed by atoms with Crippen molar-refractivity contribution >= 4 is 27.5 Å². The van der Waals surface area contributed by atoms with E-state index >= 15 is 0 Å². The standard InChI is InChI=1S/C16H18BrNO2/c1-8-6-9(2)15(13(17)7-8)18-16(19)14-10(3)11(4)20-12(14)5/h6-7H,1-5H3,(H,18,19). The summed E-state index contributed by atoms with van der Waals surface area (Å²) >= 11 is 3.50. The van der Waals surface area contributed by atoms with Crippen LogP contribution < -0.4 is 5.32 Å². The fourth-order valence-electron chi connectivity index (χ4n) is 2.38. The lowest BCUT2D eigenvalue weighted by molar-refractivity contribution is 0.102. The summed E-state index contributed by atoms with van der Waals surface area (Å²) in [7, 11) is 0. The Hall–Kier alpha value is -1.55. The average Bonchev–Trinajstić information content (AvgIpc) is 2.58. The van der Waals surface area contributed by atoms with Gasteiger partial charge >= 0.3 is 0 Å². The van der Waals surface area contributed by atoms with E-state index in [1.807, 2.05) is 46.8 Å². The molecule has 106 valence electrons. The molecular formula is C16H18BrNO2. The fourth-order valence-corrected chi connectivity index (χ4v) is 3.15. The Morgan fingerprint density at radius 3 is 2.25 bits per heavy atom. The zero-order chi connectivity index (χ0) is 15.0. The molecule has 1 N–H and O–H groups in total. The molecule has 0 radical (unpaired) electrons. The minimum absolute atomic E-state index is 0.135. The Balaban J connectivity index is 2.38. The number of amides is 1. The summed E-state index contributed by atoms with van der Waals surface area (Å²) in [6.45, 7) is 9.58. The lowest BCUT2D eigenvalue weighted by atomic mass is 10.1. The summed E-state index contributed by atoms with van der Waals surface area (Å²) in [6, 6.07) is 4.03. The molecular weight excluding hydrogens is 318 g/mol. The minimum Gasteiger partial charge on any atom is -0.466 e. The summed E-state index contributed by atoms with van der Waals surface area (Å²) in [5.41, 5.74) is 4.49. The van der Waals surface area contributed by atoms with Gasteiger partial charge in [-0.3, -0.25) is 4.79 Å². The van der Waals surface area contributed by atoms with Gasteiger partial charge in [-0.2, -0.15) is 0 Å². The zero-order valence-corrected chi connectivity index (χ0v) is 13.9. The SMILES string of the molecule is Cc1cc(C)c(NC(=O)c2c(C)oc(C)c2C)c(Br)c1. The van der Waals surface area contributed by atoms with E-state index in [1.54, 1.807) is 0 Å². The predicted octanol–water partition coefficient (Wildman–Crippen LogP) is 4.84. The summed E-state index contributed by atoms with van der Waals surface area (Å²) in [4.78, 5) is 12.5. The third-order valence-electron chi connectivity index (χ3n) is 3.46. The van der Waals surface area contributed by atoms with E-state index in [2.05, 4.69) is 21.2 Å². The molecule has 1 aromatic carbocycles. The van der Waals surface area contributed by atoms with Crippen LogP contribution in [0.15, 0.2) is 21.0 Å². The van der Waals surface area contributed by atoms with Crippen LogP contribution in [0.3, 0.4) is 0 Å². The van der Waals surface area contributed by atoms with Crippen molar-refractivity contribution in [3.8, 4) is 0 Å². The molecule has 0 bridgehead atoms. The van der Waals surface area contributed by atoms with Crippen LogP contribution in [0.4, 0.5) is 5.69 Å². The third kappa shape index (κ3) is 2.66. The van der Waals surface area contributed by atoms with Gasteiger partial charge in [0.1, 0.15) is 11.5 Å². The molecule has 0 aliphatic carbocycles. The van der Waals surface area contributed by atoms with Crippen LogP contribution in [-0.4, -0.2) is 5.91 Å². The number of rotatable bonds is 2. The van der Waals surface area contributed by atoms with Crippen molar-refractivity contribution in [1.29, 1.82) is 0 Å². The Morgan fingerprint density at radius 2 is 1.75 bits per heavy atom. The number of carbonyl (C=O) groups is 1. The van der Waals surface area contributed by atoms with Crippen LogP contribution in [0.2, 0.25) is 0 Å². The molecule has 0 saturated carbocycles. The van der Waals surface area contributed by atoms with E-state index in [0.29, 0.717) is 11.3 Å². The lowest BCUT2D eigenvalue weighted by Crippen LogP contribution is -2.15. The highest BCUT2D eigenvalue weighted by atomic mass is 79.9. The van der Waals surface area contributed by atoms with E-state index in [4.69, 9.17) is 4.42 Å². The van der Waals surface area contributed by atoms with E-state index in [0.717, 1.165) is 32.6 Å². The predicted molar refractivity (Wildman–Crippen MR) is 84.5 cm³/mol. The van der Waals surface area contributed by atoms with Gasteiger partial charge in [0.2, 0.25) is 0 Å². The summed E-state index contributed by atoms with van der Waals surface area (Å²) in [5.74, 6) is 1.30. The van der Waals surface area contributed by atoms with Gasteiger partial charge in [0.25, 0.3) is 5.91 Å². The van der Waals surface area contributed by atoms with Crippen LogP contribution in [-0.2, 0) is 0 Å². The Kier molecular flexibility index (Phi) is 4.04. The lowest BCUT2D eigenvalue weighted by Gasteiger charge is -2.12. The number of halogens is 1. The number of anilines is 1. The van der Waals surface area contributed by atoms with Crippen molar-refractivity contribution in [2.75, 3.05) is 5.32 Å². The van der Waals surface area contributed by atoms with Crippen molar-refractivity contribution in [3.63, 3.8) is 0 Å². The van der Waals surface area contributed by atoms with Crippen molar-refractivity contribution in [3.05, 3.63) is 50.4 Å². The maximum absolute atomic E-state index is 12.5. The second-order valence-corrected chi connectivity index (χ2v) is 5.96. The molecule has 1 amide bonds. The first-order chi connectivity index (χ1) is 9.31. The molecule has 0 atom stereocenters. The average molecular weight is 336 g/mol. The van der Waals surface area contributed by atoms with Crippen molar-refractivity contribution in [2.45, 2.75) is 34.6 Å². The minimum atomic E-state index is -0.135. The van der Waals surface area contributed by atoms with Gasteiger partial charge in [-0.15, -0.1) is 0 Å². The molecule has 0 aliphatic heterocycles. The third-order valence-corrected chi connectivity index (χ3v) is 4.08. The quantitative estimate of drug-likeness (QED) is 0.853. The van der Waals surface area contributed by atoms with E-state index < -0.39 is 0 Å². The van der Waals surface area contributed by atoms with Crippen LogP contribution in [0.25, 0.3) is 0 Å². The molecule has 0 fully saturated rings. The van der Waals surface area contributed by atoms with Crippen LogP contribution >= 0.6 is 15.9 Å². The largest absolute Gasteiger partial charge is 0.466 e. The molecule has 0 unspecified atom stereocenters. The summed E-state index contributed by atoms with van der Waals surface area (Å²) in [5, 5.41) is 2.97. The summed E-state index contributed by atoms with van der Waals surface area (Å²) < 4.78 is 6.40. The number of hydrogen-bond donors (Lipinski definition) is 1. The first-order valence-corrected chi connectivity index (χ1v) is 7.25. The monoisotopic (exact) mass is 335 g/mol. The Labute approximate surface area is 127 Å². The molecule has 0 saturated heterocycles. The molecule has 1 aromatic heterocycles. The highest BCUT2D eigenvalue weighted by Crippen LogP contribution is 2.29. The highest BCUT2D eigenvalue weighted by molar-refractivity contribution is 9.10. The topological polar surface area (TPSA) is 42.2 Å². The highest BCUT2D eigenvalue weighted by Gasteiger charge is 2.20. The molecule has 0 aliphatic rings. The number of carbonyl (C=O) groups excluding carboxylic acids is 1. The van der Waals surface area contributed by atoms with Crippen molar-refractivity contribution < 1.29 is 9.21 Å². The van der Waals surface area contributed by atoms with Gasteiger partial charge in [-0.05, 0) is 67.7 Å². The second-order valence-electron chi connectivity index (χ2n) is 5.11. The molecule has 0 spiro atoms. The molecule has 2 rings (SSSR count). The number of nitrogens with one attached hydrogen (secondary N) is 1. The Morgan fingerprint density at radius 1 is 1.10 bits per heavy atom. The van der Waals surface area contributed by atoms with E-state index in [-0.39, 0.29) is 5.91 Å². The zero-order valence-electron chi connectivity index (χ0n) is 12.3. The first-order valence-electron chi connectivity index (χ1n) is 6.46. The normalized spacial score (nSPS) is 10.7. The van der Waals surface area contributed by atoms with Gasteiger partial charge in [0.05, 0.1) is 11.3 Å². The van der Waals surface area contributed by atoms with Crippen LogP contribution in [0.1, 0.15) is 38.6 Å². The van der Waals surface area contributed by atoms with Crippen molar-refractivity contribution in [2.24, 2.45) is 0 Å². The Bertz CT molecular complexity index is 663. The van der Waals surface area contributed by atoms with E-state index in [1.165, 1.54) is 0 Å². The molecule has 2 aromatic rings. The number of benzene rings is 1. The molecule has 4 heteroatoms. The van der Waals surface area contributed by atoms with Gasteiger partial charge in [0.15, 0.2) is 0 Å². The smallest absolute Gasteiger partial charge is 0.259 e.